The minimum atomic E-state index is -4.49. The summed E-state index contributed by atoms with van der Waals surface area (Å²) in [5.74, 6) is 1.04. The Kier molecular flexibility index (Phi) is 7.06. The fourth-order valence-corrected chi connectivity index (χ4v) is 4.63. The molecule has 0 N–H and O–H groups in total. The van der Waals surface area contributed by atoms with Crippen LogP contribution in [0.15, 0.2) is 71.6 Å². The van der Waals surface area contributed by atoms with Crippen LogP contribution in [0, 0.1) is 0 Å². The summed E-state index contributed by atoms with van der Waals surface area (Å²) in [5, 5.41) is 0. The van der Waals surface area contributed by atoms with Gasteiger partial charge in [0.2, 0.25) is 0 Å². The van der Waals surface area contributed by atoms with Crippen LogP contribution in [-0.4, -0.2) is 29.7 Å². The van der Waals surface area contributed by atoms with Crippen molar-refractivity contribution in [1.82, 2.24) is 0 Å². The maximum atomic E-state index is 13.6. The second kappa shape index (κ2) is 9.62. The largest absolute Gasteiger partial charge is 0.497 e. The fourth-order valence-electron chi connectivity index (χ4n) is 3.15. The van der Waals surface area contributed by atoms with Crippen molar-refractivity contribution in [2.75, 3.05) is 25.6 Å². The number of alkyl halides is 3. The first-order chi connectivity index (χ1) is 15.6. The number of hydrogen-bond acceptors (Lipinski definition) is 5. The first-order valence-corrected chi connectivity index (χ1v) is 11.1. The van der Waals surface area contributed by atoms with Crippen molar-refractivity contribution in [3.8, 4) is 17.2 Å². The van der Waals surface area contributed by atoms with Crippen molar-refractivity contribution < 1.29 is 35.8 Å². The van der Waals surface area contributed by atoms with Gasteiger partial charge in [-0.25, -0.2) is 8.42 Å². The first kappa shape index (κ1) is 24.2. The van der Waals surface area contributed by atoms with Crippen molar-refractivity contribution in [2.45, 2.75) is 17.6 Å². The van der Waals surface area contributed by atoms with E-state index in [4.69, 9.17) is 14.2 Å². The molecule has 3 aromatic carbocycles. The molecular weight excluding hydrogens is 459 g/mol. The number of sulfonamides is 1. The van der Waals surface area contributed by atoms with Crippen LogP contribution in [0.1, 0.15) is 11.1 Å². The lowest BCUT2D eigenvalue weighted by Gasteiger charge is -2.26. The normalized spacial score (nSPS) is 11.7. The van der Waals surface area contributed by atoms with Gasteiger partial charge in [-0.2, -0.15) is 13.2 Å². The summed E-state index contributed by atoms with van der Waals surface area (Å²) in [6.07, 6.45) is -4.49. The molecule has 0 aliphatic heterocycles. The molecule has 0 aromatic heterocycles. The zero-order valence-corrected chi connectivity index (χ0v) is 18.9. The Morgan fingerprint density at radius 2 is 1.48 bits per heavy atom. The van der Waals surface area contributed by atoms with Gasteiger partial charge < -0.3 is 14.2 Å². The van der Waals surface area contributed by atoms with E-state index in [1.54, 1.807) is 12.1 Å². The second-order valence-electron chi connectivity index (χ2n) is 6.92. The van der Waals surface area contributed by atoms with Gasteiger partial charge in [-0.05, 0) is 42.0 Å². The minimum absolute atomic E-state index is 0.0384. The summed E-state index contributed by atoms with van der Waals surface area (Å²) >= 11 is 0. The Morgan fingerprint density at radius 3 is 2.06 bits per heavy atom. The quantitative estimate of drug-likeness (QED) is 0.447. The Hall–Kier alpha value is -3.40. The molecule has 0 radical (unpaired) electrons. The smallest absolute Gasteiger partial charge is 0.416 e. The van der Waals surface area contributed by atoms with E-state index in [1.807, 2.05) is 0 Å². The Bertz CT molecular complexity index is 1210. The molecule has 0 saturated carbocycles. The molecule has 0 saturated heterocycles. The average Bonchev–Trinajstić information content (AvgIpc) is 2.81. The summed E-state index contributed by atoms with van der Waals surface area (Å²) in [6, 6.07) is 14.8. The lowest BCUT2D eigenvalue weighted by molar-refractivity contribution is -0.137. The van der Waals surface area contributed by atoms with Gasteiger partial charge in [0.15, 0.2) is 11.5 Å². The lowest BCUT2D eigenvalue weighted by atomic mass is 10.1. The number of anilines is 1. The van der Waals surface area contributed by atoms with E-state index in [2.05, 4.69) is 0 Å². The maximum Gasteiger partial charge on any atom is 0.416 e. The molecule has 0 atom stereocenters. The number of nitrogens with zero attached hydrogens (tertiary/aromatic N) is 1. The number of halogens is 3. The topological polar surface area (TPSA) is 65.1 Å². The molecule has 176 valence electrons. The summed E-state index contributed by atoms with van der Waals surface area (Å²) in [6.45, 7) is -0.215. The maximum absolute atomic E-state index is 13.6. The van der Waals surface area contributed by atoms with Gasteiger partial charge in [0.1, 0.15) is 5.75 Å². The highest BCUT2D eigenvalue weighted by atomic mass is 32.2. The third-order valence-electron chi connectivity index (χ3n) is 4.89. The van der Waals surface area contributed by atoms with E-state index in [-0.39, 0.29) is 17.1 Å². The van der Waals surface area contributed by atoms with Crippen LogP contribution in [0.3, 0.4) is 0 Å². The molecule has 3 aromatic rings. The van der Waals surface area contributed by atoms with Crippen LogP contribution < -0.4 is 18.5 Å². The molecule has 0 aliphatic carbocycles. The minimum Gasteiger partial charge on any atom is -0.497 e. The van der Waals surface area contributed by atoms with Crippen molar-refractivity contribution in [1.29, 1.82) is 0 Å². The molecular formula is C23H22F3NO5S. The fraction of sp³-hybridized carbons (Fsp3) is 0.217. The van der Waals surface area contributed by atoms with Crippen molar-refractivity contribution in [3.05, 3.63) is 77.9 Å². The molecule has 10 heteroatoms. The highest BCUT2D eigenvalue weighted by Gasteiger charge is 2.31. The first-order valence-electron chi connectivity index (χ1n) is 9.65. The summed E-state index contributed by atoms with van der Waals surface area (Å²) in [5.41, 5.74) is -0.209. The third-order valence-corrected chi connectivity index (χ3v) is 6.66. The van der Waals surface area contributed by atoms with Crippen LogP contribution in [-0.2, 0) is 22.7 Å². The molecule has 0 amide bonds. The number of benzene rings is 3. The highest BCUT2D eigenvalue weighted by Crippen LogP contribution is 2.35. The Balaban J connectivity index is 2.10. The molecule has 0 unspecified atom stereocenters. The second-order valence-corrected chi connectivity index (χ2v) is 8.79. The summed E-state index contributed by atoms with van der Waals surface area (Å²) in [4.78, 5) is -0.0384. The predicted molar refractivity (Wildman–Crippen MR) is 117 cm³/mol. The molecule has 0 bridgehead atoms. The van der Waals surface area contributed by atoms with Crippen LogP contribution >= 0.6 is 0 Å². The molecule has 0 spiro atoms. The van der Waals surface area contributed by atoms with Crippen molar-refractivity contribution in [2.24, 2.45) is 0 Å². The number of hydrogen-bond donors (Lipinski definition) is 0. The Labute approximate surface area is 190 Å². The molecule has 0 fully saturated rings. The molecule has 33 heavy (non-hydrogen) atoms. The predicted octanol–water partition coefficient (Wildman–Crippen LogP) is 5.13. The number of rotatable bonds is 8. The number of methoxy groups -OCH3 is 3. The van der Waals surface area contributed by atoms with Crippen molar-refractivity contribution >= 4 is 15.7 Å². The van der Waals surface area contributed by atoms with Gasteiger partial charge >= 0.3 is 6.18 Å². The van der Waals surface area contributed by atoms with Gasteiger partial charge in [-0.3, -0.25) is 4.31 Å². The zero-order chi connectivity index (χ0) is 24.2. The van der Waals surface area contributed by atoms with Crippen molar-refractivity contribution in [3.63, 3.8) is 0 Å². The van der Waals surface area contributed by atoms with E-state index in [0.29, 0.717) is 22.8 Å². The van der Waals surface area contributed by atoms with Crippen LogP contribution in [0.4, 0.5) is 18.9 Å². The van der Waals surface area contributed by atoms with E-state index in [1.165, 1.54) is 63.8 Å². The Morgan fingerprint density at radius 1 is 0.818 bits per heavy atom. The molecule has 0 aliphatic rings. The third kappa shape index (κ3) is 5.33. The van der Waals surface area contributed by atoms with Gasteiger partial charge in [-0.15, -0.1) is 0 Å². The lowest BCUT2D eigenvalue weighted by Crippen LogP contribution is -2.30. The van der Waals surface area contributed by atoms with Gasteiger partial charge in [0.25, 0.3) is 10.0 Å². The van der Waals surface area contributed by atoms with Gasteiger partial charge in [0, 0.05) is 12.1 Å². The molecule has 6 nitrogen and oxygen atoms in total. The van der Waals surface area contributed by atoms with Gasteiger partial charge in [0.05, 0.1) is 44.0 Å². The molecule has 3 rings (SSSR count). The van der Waals surface area contributed by atoms with Gasteiger partial charge in [-0.1, -0.05) is 18.2 Å². The van der Waals surface area contributed by atoms with Crippen LogP contribution in [0.2, 0.25) is 0 Å². The molecule has 0 heterocycles. The van der Waals surface area contributed by atoms with E-state index < -0.39 is 21.8 Å². The van der Waals surface area contributed by atoms with E-state index in [0.717, 1.165) is 16.4 Å². The monoisotopic (exact) mass is 481 g/mol. The summed E-state index contributed by atoms with van der Waals surface area (Å²) in [7, 11) is 0.147. The summed E-state index contributed by atoms with van der Waals surface area (Å²) < 4.78 is 82.8. The SMILES string of the molecule is COc1cccc(S(=O)(=O)N(Cc2ccc(C(F)(F)F)cc2)c2ccc(OC)c(OC)c2)c1. The standard InChI is InChI=1S/C23H22F3NO5S/c1-30-19-5-4-6-20(14-19)33(28,29)27(18-11-12-21(31-2)22(13-18)32-3)15-16-7-9-17(10-8-16)23(24,25)26/h4-14H,15H2,1-3H3. The van der Waals surface area contributed by atoms with E-state index in [9.17, 15) is 21.6 Å². The zero-order valence-electron chi connectivity index (χ0n) is 18.1. The highest BCUT2D eigenvalue weighted by molar-refractivity contribution is 7.92. The van der Waals surface area contributed by atoms with Crippen LogP contribution in [0.5, 0.6) is 17.2 Å². The van der Waals surface area contributed by atoms with Crippen LogP contribution in [0.25, 0.3) is 0 Å². The average molecular weight is 481 g/mol. The number of ether oxygens (including phenoxy) is 3. The van der Waals surface area contributed by atoms with E-state index >= 15 is 0 Å².